The highest BCUT2D eigenvalue weighted by Crippen LogP contribution is 2.24. The van der Waals surface area contributed by atoms with Gasteiger partial charge in [0.05, 0.1) is 6.20 Å². The number of nitrogens with one attached hydrogen (secondary N) is 1. The first-order valence-corrected chi connectivity index (χ1v) is 8.99. The predicted molar refractivity (Wildman–Crippen MR) is 94.8 cm³/mol. The average molecular weight is 336 g/mol. The number of carbonyl (C=O) groups is 1. The summed E-state index contributed by atoms with van der Waals surface area (Å²) >= 11 is 0. The first-order valence-electron chi connectivity index (χ1n) is 8.99. The molecule has 1 aliphatic rings. The van der Waals surface area contributed by atoms with Gasteiger partial charge in [0.1, 0.15) is 5.60 Å². The van der Waals surface area contributed by atoms with E-state index in [2.05, 4.69) is 23.5 Å². The molecule has 1 aromatic rings. The van der Waals surface area contributed by atoms with E-state index < -0.39 is 5.60 Å². The zero-order chi connectivity index (χ0) is 17.7. The van der Waals surface area contributed by atoms with Gasteiger partial charge in [-0.3, -0.25) is 4.68 Å². The maximum atomic E-state index is 12.2. The molecule has 1 N–H and O–H groups in total. The topological polar surface area (TPSA) is 59.4 Å². The van der Waals surface area contributed by atoms with Gasteiger partial charge in [-0.2, -0.15) is 5.10 Å². The van der Waals surface area contributed by atoms with Crippen LogP contribution in [0.2, 0.25) is 0 Å². The molecule has 6 heteroatoms. The number of aromatic nitrogens is 2. The van der Waals surface area contributed by atoms with Crippen molar-refractivity contribution in [3.8, 4) is 0 Å². The Morgan fingerprint density at radius 2 is 2.04 bits per heavy atom. The SMILES string of the molecule is CCn1cc(CNC2CCC(N(C)C(=O)OC(C)(C)C)CC2)cn1. The summed E-state index contributed by atoms with van der Waals surface area (Å²) in [5, 5.41) is 7.92. The van der Waals surface area contributed by atoms with E-state index in [1.54, 1.807) is 4.90 Å². The summed E-state index contributed by atoms with van der Waals surface area (Å²) in [6.45, 7) is 9.56. The summed E-state index contributed by atoms with van der Waals surface area (Å²) in [5.41, 5.74) is 0.789. The number of ether oxygens (including phenoxy) is 1. The van der Waals surface area contributed by atoms with E-state index in [4.69, 9.17) is 4.74 Å². The van der Waals surface area contributed by atoms with Crippen LogP contribution in [0.4, 0.5) is 4.79 Å². The fourth-order valence-corrected chi connectivity index (χ4v) is 3.08. The normalized spacial score (nSPS) is 21.5. The molecule has 1 saturated carbocycles. The molecule has 0 aromatic carbocycles. The molecular formula is C18H32N4O2. The maximum absolute atomic E-state index is 12.2. The van der Waals surface area contributed by atoms with E-state index in [0.29, 0.717) is 6.04 Å². The first kappa shape index (κ1) is 18.8. The number of hydrogen-bond acceptors (Lipinski definition) is 4. The molecule has 0 spiro atoms. The van der Waals surface area contributed by atoms with Crippen LogP contribution in [0.5, 0.6) is 0 Å². The highest BCUT2D eigenvalue weighted by Gasteiger charge is 2.29. The van der Waals surface area contributed by atoms with Crippen molar-refractivity contribution in [1.82, 2.24) is 20.0 Å². The third-order valence-corrected chi connectivity index (χ3v) is 4.53. The van der Waals surface area contributed by atoms with Gasteiger partial charge in [0.25, 0.3) is 0 Å². The summed E-state index contributed by atoms with van der Waals surface area (Å²) in [6, 6.07) is 0.791. The van der Waals surface area contributed by atoms with Crippen molar-refractivity contribution in [3.05, 3.63) is 18.0 Å². The Bertz CT molecular complexity index is 527. The number of nitrogens with zero attached hydrogens (tertiary/aromatic N) is 3. The minimum absolute atomic E-state index is 0.217. The summed E-state index contributed by atoms with van der Waals surface area (Å²) in [7, 11) is 1.85. The lowest BCUT2D eigenvalue weighted by atomic mass is 9.90. The summed E-state index contributed by atoms with van der Waals surface area (Å²) in [4.78, 5) is 13.9. The standard InChI is InChI=1S/C18H32N4O2/c1-6-22-13-14(12-20-22)11-19-15-7-9-16(10-8-15)21(5)17(23)24-18(2,3)4/h12-13,15-16,19H,6-11H2,1-5H3. The van der Waals surface area contributed by atoms with E-state index in [1.165, 1.54) is 5.56 Å². The van der Waals surface area contributed by atoms with Crippen molar-refractivity contribution in [2.75, 3.05) is 7.05 Å². The molecule has 24 heavy (non-hydrogen) atoms. The largest absolute Gasteiger partial charge is 0.444 e. The van der Waals surface area contributed by atoms with Gasteiger partial charge < -0.3 is 15.0 Å². The monoisotopic (exact) mass is 336 g/mol. The molecule has 0 aliphatic heterocycles. The molecule has 1 heterocycles. The van der Waals surface area contributed by atoms with E-state index >= 15 is 0 Å². The Balaban J connectivity index is 1.73. The molecule has 1 aromatic heterocycles. The Morgan fingerprint density at radius 3 is 2.58 bits per heavy atom. The molecule has 1 amide bonds. The number of carbonyl (C=O) groups excluding carboxylic acids is 1. The fraction of sp³-hybridized carbons (Fsp3) is 0.778. The number of hydrogen-bond donors (Lipinski definition) is 1. The van der Waals surface area contributed by atoms with Crippen LogP contribution in [0.15, 0.2) is 12.4 Å². The van der Waals surface area contributed by atoms with Crippen molar-refractivity contribution >= 4 is 6.09 Å². The van der Waals surface area contributed by atoms with E-state index in [9.17, 15) is 4.79 Å². The smallest absolute Gasteiger partial charge is 0.410 e. The van der Waals surface area contributed by atoms with Gasteiger partial charge in [-0.15, -0.1) is 0 Å². The molecule has 6 nitrogen and oxygen atoms in total. The van der Waals surface area contributed by atoms with Crippen LogP contribution >= 0.6 is 0 Å². The minimum atomic E-state index is -0.437. The maximum Gasteiger partial charge on any atom is 0.410 e. The second-order valence-electron chi connectivity index (χ2n) is 7.68. The molecule has 0 atom stereocenters. The second-order valence-corrected chi connectivity index (χ2v) is 7.68. The van der Waals surface area contributed by atoms with E-state index in [0.717, 1.165) is 38.8 Å². The summed E-state index contributed by atoms with van der Waals surface area (Å²) < 4.78 is 7.41. The predicted octanol–water partition coefficient (Wildman–Crippen LogP) is 3.17. The lowest BCUT2D eigenvalue weighted by molar-refractivity contribution is 0.0179. The number of rotatable bonds is 5. The van der Waals surface area contributed by atoms with Crippen molar-refractivity contribution in [2.24, 2.45) is 0 Å². The third kappa shape index (κ3) is 5.51. The van der Waals surface area contributed by atoms with Crippen molar-refractivity contribution < 1.29 is 9.53 Å². The fourth-order valence-electron chi connectivity index (χ4n) is 3.08. The highest BCUT2D eigenvalue weighted by atomic mass is 16.6. The van der Waals surface area contributed by atoms with Gasteiger partial charge in [0.2, 0.25) is 0 Å². The van der Waals surface area contributed by atoms with Gasteiger partial charge in [-0.1, -0.05) is 0 Å². The van der Waals surface area contributed by atoms with Gasteiger partial charge in [0, 0.05) is 44.0 Å². The number of aryl methyl sites for hydroxylation is 1. The van der Waals surface area contributed by atoms with Crippen molar-refractivity contribution in [1.29, 1.82) is 0 Å². The third-order valence-electron chi connectivity index (χ3n) is 4.53. The molecular weight excluding hydrogens is 304 g/mol. The van der Waals surface area contributed by atoms with Crippen LogP contribution in [0.1, 0.15) is 58.9 Å². The van der Waals surface area contributed by atoms with Gasteiger partial charge in [-0.25, -0.2) is 4.79 Å². The highest BCUT2D eigenvalue weighted by molar-refractivity contribution is 5.68. The Hall–Kier alpha value is -1.56. The quantitative estimate of drug-likeness (QED) is 0.897. The molecule has 0 saturated heterocycles. The van der Waals surface area contributed by atoms with Crippen molar-refractivity contribution in [3.63, 3.8) is 0 Å². The molecule has 1 fully saturated rings. The zero-order valence-corrected chi connectivity index (χ0v) is 15.7. The Labute approximate surface area is 145 Å². The molecule has 0 radical (unpaired) electrons. The van der Waals surface area contributed by atoms with E-state index in [-0.39, 0.29) is 12.1 Å². The van der Waals surface area contributed by atoms with Crippen molar-refractivity contribution in [2.45, 2.75) is 84.2 Å². The average Bonchev–Trinajstić information content (AvgIpc) is 2.99. The first-order chi connectivity index (χ1) is 11.3. The van der Waals surface area contributed by atoms with Crippen LogP contribution in [0.3, 0.4) is 0 Å². The summed E-state index contributed by atoms with van der Waals surface area (Å²) in [6.07, 6.45) is 8.00. The second kappa shape index (κ2) is 8.01. The van der Waals surface area contributed by atoms with Crippen LogP contribution in [0, 0.1) is 0 Å². The zero-order valence-electron chi connectivity index (χ0n) is 15.7. The Kier molecular flexibility index (Phi) is 6.27. The van der Waals surface area contributed by atoms with Gasteiger partial charge in [0.15, 0.2) is 0 Å². The van der Waals surface area contributed by atoms with Crippen LogP contribution in [0.25, 0.3) is 0 Å². The molecule has 0 unspecified atom stereocenters. The van der Waals surface area contributed by atoms with Crippen LogP contribution < -0.4 is 5.32 Å². The molecule has 2 rings (SSSR count). The number of amides is 1. The molecule has 136 valence electrons. The van der Waals surface area contributed by atoms with Gasteiger partial charge >= 0.3 is 6.09 Å². The van der Waals surface area contributed by atoms with E-state index in [1.807, 2.05) is 38.7 Å². The molecule has 0 bridgehead atoms. The lowest BCUT2D eigenvalue weighted by Crippen LogP contribution is -2.44. The summed E-state index contributed by atoms with van der Waals surface area (Å²) in [5.74, 6) is 0. The minimum Gasteiger partial charge on any atom is -0.444 e. The van der Waals surface area contributed by atoms with Crippen LogP contribution in [-0.2, 0) is 17.8 Å². The van der Waals surface area contributed by atoms with Crippen LogP contribution in [-0.4, -0.2) is 45.5 Å². The molecule has 1 aliphatic carbocycles. The Morgan fingerprint density at radius 1 is 1.38 bits per heavy atom. The lowest BCUT2D eigenvalue weighted by Gasteiger charge is -2.35. The van der Waals surface area contributed by atoms with Gasteiger partial charge in [-0.05, 0) is 53.4 Å².